The second kappa shape index (κ2) is 27.6. The molecule has 0 saturated heterocycles. The molecule has 0 aromatic heterocycles. The average molecular weight is 1310 g/mol. The van der Waals surface area contributed by atoms with Gasteiger partial charge in [0.25, 0.3) is 0 Å². The molecule has 7 aromatic rings. The first-order chi connectivity index (χ1) is 42.7. The maximum Gasteiger partial charge on any atom is 0.0860 e. The van der Waals surface area contributed by atoms with Crippen LogP contribution in [0.2, 0.25) is 72.5 Å². The average Bonchev–Trinajstić information content (AvgIpc) is 0.712. The van der Waals surface area contributed by atoms with Crippen LogP contribution in [-0.4, -0.2) is 32.3 Å². The van der Waals surface area contributed by atoms with Crippen molar-refractivity contribution in [3.05, 3.63) is 143 Å². The van der Waals surface area contributed by atoms with E-state index in [0.717, 1.165) is 0 Å². The van der Waals surface area contributed by atoms with E-state index >= 15 is 0 Å². The summed E-state index contributed by atoms with van der Waals surface area (Å²) >= 11 is 0. The Bertz CT molecular complexity index is 3570. The van der Waals surface area contributed by atoms with Crippen LogP contribution in [-0.2, 0) is 32.5 Å². The predicted molar refractivity (Wildman–Crippen MR) is 430 cm³/mol. The lowest BCUT2D eigenvalue weighted by atomic mass is 9.75. The molecular formula is C86H132N2Si4. The van der Waals surface area contributed by atoms with Crippen LogP contribution >= 0.6 is 0 Å². The molecule has 0 amide bonds. The number of hydrogen-bond acceptors (Lipinski definition) is 2. The standard InChI is InChI=1S/C86H132N2Si4/c1-31-89(32-2,33-3)69-54-67(55-70(59-69)90(34-4,35-5)36-6)87(65-45-48-77(85(25,26)27)78(58-65)86(28,29)30)79-73-46-43-62(82(16,17)18)53-76(73)80(74-47-44-61(52-75(74)79)81(13,14)15)88(66-50-63(83(19,20)21)49-64(51-66)84(22,23)24)68-56-71(91(37-7,38-8)39-9)60-72(57-68)92(40-10,41-11)42-12/h43-60H,31-42H2,1-30H3. The molecule has 0 saturated carbocycles. The molecular weight excluding hydrogens is 1170 g/mol. The van der Waals surface area contributed by atoms with E-state index in [9.17, 15) is 0 Å². The summed E-state index contributed by atoms with van der Waals surface area (Å²) in [5, 5.41) is 11.8. The van der Waals surface area contributed by atoms with Gasteiger partial charge in [0, 0.05) is 44.3 Å². The molecule has 0 radical (unpaired) electrons. The topological polar surface area (TPSA) is 6.48 Å². The van der Waals surface area contributed by atoms with Crippen LogP contribution in [0.4, 0.5) is 34.1 Å². The fourth-order valence-electron chi connectivity index (χ4n) is 16.1. The highest BCUT2D eigenvalue weighted by Gasteiger charge is 2.40. The minimum atomic E-state index is -1.96. The lowest BCUT2D eigenvalue weighted by Gasteiger charge is -2.39. The summed E-state index contributed by atoms with van der Waals surface area (Å²) in [5.74, 6) is 0. The van der Waals surface area contributed by atoms with E-state index in [1.54, 1.807) is 20.7 Å². The highest BCUT2D eigenvalue weighted by molar-refractivity contribution is 6.95. The first-order valence-corrected chi connectivity index (χ1v) is 47.5. The van der Waals surface area contributed by atoms with Crippen LogP contribution in [0, 0.1) is 0 Å². The Hall–Kier alpha value is -4.47. The van der Waals surface area contributed by atoms with E-state index < -0.39 is 32.3 Å². The Balaban J connectivity index is 1.95. The molecule has 0 heterocycles. The molecule has 92 heavy (non-hydrogen) atoms. The number of benzene rings is 7. The van der Waals surface area contributed by atoms with Crippen molar-refractivity contribution >= 4 is 109 Å². The number of hydrogen-bond donors (Lipinski definition) is 0. The normalized spacial score (nSPS) is 13.6. The summed E-state index contributed by atoms with van der Waals surface area (Å²) in [6.07, 6.45) is 0. The van der Waals surface area contributed by atoms with Crippen molar-refractivity contribution in [3.63, 3.8) is 0 Å². The zero-order chi connectivity index (χ0) is 68.9. The predicted octanol–water partition coefficient (Wildman–Crippen LogP) is 25.6. The number of rotatable bonds is 22. The summed E-state index contributed by atoms with van der Waals surface area (Å²) in [6, 6.07) is 62.5. The van der Waals surface area contributed by atoms with Gasteiger partial charge in [0.05, 0.1) is 43.7 Å². The van der Waals surface area contributed by atoms with Gasteiger partial charge in [-0.25, -0.2) is 0 Å². The van der Waals surface area contributed by atoms with Crippen LogP contribution in [0.1, 0.15) is 241 Å². The van der Waals surface area contributed by atoms with E-state index in [1.165, 1.54) is 162 Å². The van der Waals surface area contributed by atoms with Crippen molar-refractivity contribution in [2.75, 3.05) is 9.80 Å². The van der Waals surface area contributed by atoms with Gasteiger partial charge in [-0.15, -0.1) is 0 Å². The highest BCUT2D eigenvalue weighted by Crippen LogP contribution is 2.54. The smallest absolute Gasteiger partial charge is 0.0860 e. The summed E-state index contributed by atoms with van der Waals surface area (Å²) in [5.41, 5.74) is 15.5. The van der Waals surface area contributed by atoms with Crippen LogP contribution in [0.5, 0.6) is 0 Å². The maximum atomic E-state index is 2.86. The molecule has 0 spiro atoms. The van der Waals surface area contributed by atoms with Gasteiger partial charge in [0.15, 0.2) is 0 Å². The molecule has 0 unspecified atom stereocenters. The van der Waals surface area contributed by atoms with Gasteiger partial charge in [0.2, 0.25) is 0 Å². The number of fused-ring (bicyclic) bond motifs is 2. The van der Waals surface area contributed by atoms with E-state index in [-0.39, 0.29) is 32.5 Å². The molecule has 0 aliphatic carbocycles. The molecule has 0 atom stereocenters. The third-order valence-corrected chi connectivity index (χ3v) is 46.2. The molecule has 0 aliphatic rings. The van der Waals surface area contributed by atoms with Crippen molar-refractivity contribution < 1.29 is 0 Å². The van der Waals surface area contributed by atoms with Crippen molar-refractivity contribution in [2.45, 2.75) is 313 Å². The van der Waals surface area contributed by atoms with Crippen LogP contribution in [0.25, 0.3) is 21.5 Å². The van der Waals surface area contributed by atoms with Crippen molar-refractivity contribution in [1.82, 2.24) is 0 Å². The molecule has 7 aromatic carbocycles. The van der Waals surface area contributed by atoms with Gasteiger partial charge >= 0.3 is 0 Å². The van der Waals surface area contributed by atoms with Crippen molar-refractivity contribution in [1.29, 1.82) is 0 Å². The largest absolute Gasteiger partial charge is 0.309 e. The van der Waals surface area contributed by atoms with Gasteiger partial charge in [-0.3, -0.25) is 0 Å². The van der Waals surface area contributed by atoms with Gasteiger partial charge in [-0.2, -0.15) is 0 Å². The summed E-state index contributed by atoms with van der Waals surface area (Å²) < 4.78 is 0. The Morgan fingerprint density at radius 2 is 0.500 bits per heavy atom. The lowest BCUT2D eigenvalue weighted by molar-refractivity contribution is 0.530. The Morgan fingerprint density at radius 3 is 0.761 bits per heavy atom. The quantitative estimate of drug-likeness (QED) is 0.0379. The molecule has 0 bridgehead atoms. The fourth-order valence-corrected chi connectivity index (χ4v) is 31.0. The van der Waals surface area contributed by atoms with Gasteiger partial charge in [-0.05, 0) is 127 Å². The van der Waals surface area contributed by atoms with Crippen LogP contribution in [0.15, 0.2) is 109 Å². The molecule has 7 rings (SSSR count). The number of nitrogens with zero attached hydrogens (tertiary/aromatic N) is 2. The molecule has 0 N–H and O–H groups in total. The van der Waals surface area contributed by atoms with E-state index in [0.29, 0.717) is 0 Å². The van der Waals surface area contributed by atoms with Crippen LogP contribution < -0.4 is 30.5 Å². The zero-order valence-electron chi connectivity index (χ0n) is 64.8. The van der Waals surface area contributed by atoms with Crippen molar-refractivity contribution in [3.8, 4) is 0 Å². The number of anilines is 6. The highest BCUT2D eigenvalue weighted by atomic mass is 28.3. The van der Waals surface area contributed by atoms with Gasteiger partial charge < -0.3 is 9.80 Å². The maximum absolute atomic E-state index is 2.86. The monoisotopic (exact) mass is 1300 g/mol. The molecule has 502 valence electrons. The van der Waals surface area contributed by atoms with E-state index in [1.807, 2.05) is 0 Å². The minimum absolute atomic E-state index is 0.0485. The van der Waals surface area contributed by atoms with Gasteiger partial charge in [0.1, 0.15) is 0 Å². The zero-order valence-corrected chi connectivity index (χ0v) is 68.8. The van der Waals surface area contributed by atoms with E-state index in [4.69, 9.17) is 0 Å². The second-order valence-corrected chi connectivity index (χ2v) is 55.8. The summed E-state index contributed by atoms with van der Waals surface area (Å²) in [7, 11) is -7.85. The SMILES string of the molecule is CC[Si](CC)(CC)c1cc(N(c2cc(C(C)(C)C)cc(C(C)(C)C)c2)c2c3ccc(C(C)(C)C)cc3c(N(c3cc([Si](CC)(CC)CC)cc([Si](CC)(CC)CC)c3)c3ccc(C(C)(C)C)c(C(C)(C)C)c3)c3ccc(C(C)(C)C)cc23)cc([Si](CC)(CC)CC)c1. The molecule has 0 aliphatic heterocycles. The molecule has 6 heteroatoms. The Labute approximate surface area is 570 Å². The lowest BCUT2D eigenvalue weighted by Crippen LogP contribution is -2.52. The third kappa shape index (κ3) is 14.3. The Kier molecular flexibility index (Phi) is 22.4. The van der Waals surface area contributed by atoms with Crippen LogP contribution in [0.3, 0.4) is 0 Å². The second-order valence-electron chi connectivity index (χ2n) is 34.8. The fraction of sp³-hybridized carbons (Fsp3) is 0.558. The minimum Gasteiger partial charge on any atom is -0.309 e. The summed E-state index contributed by atoms with van der Waals surface area (Å²) in [6.45, 7) is 73.9. The molecule has 2 nitrogen and oxygen atoms in total. The molecule has 0 fully saturated rings. The van der Waals surface area contributed by atoms with E-state index in [2.05, 4.69) is 327 Å². The Morgan fingerprint density at radius 1 is 0.228 bits per heavy atom. The summed E-state index contributed by atoms with van der Waals surface area (Å²) in [4.78, 5) is 5.71. The van der Waals surface area contributed by atoms with Gasteiger partial charge in [-0.1, -0.05) is 350 Å². The third-order valence-electron chi connectivity index (χ3n) is 23.9. The first kappa shape index (κ1) is 74.9. The first-order valence-electron chi connectivity index (χ1n) is 37.0. The van der Waals surface area contributed by atoms with Crippen molar-refractivity contribution in [2.24, 2.45) is 0 Å².